The molecule has 4 aromatic heterocycles. The Kier molecular flexibility index (Phi) is 3.11. The average Bonchev–Trinajstić information content (AvgIpc) is 3.59. The van der Waals surface area contributed by atoms with Gasteiger partial charge in [0.05, 0.1) is 22.1 Å². The predicted octanol–water partition coefficient (Wildman–Crippen LogP) is 6.73. The molecule has 35 heavy (non-hydrogen) atoms. The second-order valence-electron chi connectivity index (χ2n) is 9.65. The highest BCUT2D eigenvalue weighted by molar-refractivity contribution is 6.12. The molecule has 0 saturated carbocycles. The molecule has 0 spiro atoms. The minimum atomic E-state index is 0.935. The minimum absolute atomic E-state index is 0.935. The van der Waals surface area contributed by atoms with Crippen LogP contribution in [0.4, 0.5) is 0 Å². The molecule has 9 rings (SSSR count). The highest BCUT2D eigenvalue weighted by Crippen LogP contribution is 2.48. The molecule has 4 heteroatoms. The van der Waals surface area contributed by atoms with E-state index in [2.05, 4.69) is 70.0 Å². The smallest absolute Gasteiger partial charge is 0.147 e. The zero-order valence-corrected chi connectivity index (χ0v) is 18.8. The molecule has 3 aromatic carbocycles. The number of hydrogen-bond acceptors (Lipinski definition) is 3. The van der Waals surface area contributed by atoms with Gasteiger partial charge < -0.3 is 0 Å². The molecular formula is C31H18N4. The molecule has 162 valence electrons. The summed E-state index contributed by atoms with van der Waals surface area (Å²) in [6.45, 7) is 0. The van der Waals surface area contributed by atoms with Crippen LogP contribution in [0, 0.1) is 0 Å². The highest BCUT2D eigenvalue weighted by Gasteiger charge is 2.30. The van der Waals surface area contributed by atoms with E-state index in [4.69, 9.17) is 9.97 Å². The molecule has 0 fully saturated rings. The molecule has 0 N–H and O–H groups in total. The number of nitrogens with zero attached hydrogens (tertiary/aromatic N) is 4. The van der Waals surface area contributed by atoms with Crippen LogP contribution < -0.4 is 0 Å². The van der Waals surface area contributed by atoms with Crippen molar-refractivity contribution >= 4 is 38.5 Å². The summed E-state index contributed by atoms with van der Waals surface area (Å²) in [5.74, 6) is 0. The summed E-state index contributed by atoms with van der Waals surface area (Å²) in [5.41, 5.74) is 16.5. The molecule has 0 bridgehead atoms. The lowest BCUT2D eigenvalue weighted by molar-refractivity contribution is 1.16. The molecular weight excluding hydrogens is 428 g/mol. The van der Waals surface area contributed by atoms with Crippen molar-refractivity contribution in [1.29, 1.82) is 0 Å². The van der Waals surface area contributed by atoms with E-state index in [1.807, 2.05) is 24.7 Å². The highest BCUT2D eigenvalue weighted by atomic mass is 15.0. The molecule has 2 aliphatic carbocycles. The minimum Gasteiger partial charge on any atom is -0.291 e. The molecule has 0 aliphatic heterocycles. The Hall–Kier alpha value is -4.57. The number of rotatable bonds is 0. The van der Waals surface area contributed by atoms with Gasteiger partial charge in [0, 0.05) is 35.8 Å². The van der Waals surface area contributed by atoms with Crippen LogP contribution in [-0.2, 0) is 12.8 Å². The standard InChI is InChI=1S/C31H18N4/c1-2-5-18-17(4-1)14-23-19(18)7-8-20-21-9-10-27-30(25(21)15-24(20)23)35-28-11-13-32-16-26(28)29-22(31(35)34-27)6-3-12-33-29/h1-13,16H,14-15H2. The van der Waals surface area contributed by atoms with Gasteiger partial charge in [0.1, 0.15) is 5.65 Å². The first-order valence-corrected chi connectivity index (χ1v) is 12.0. The van der Waals surface area contributed by atoms with E-state index in [0.29, 0.717) is 0 Å². The summed E-state index contributed by atoms with van der Waals surface area (Å²) in [6, 6.07) is 24.2. The molecule has 4 heterocycles. The Bertz CT molecular complexity index is 2070. The third-order valence-corrected chi connectivity index (χ3v) is 8.02. The van der Waals surface area contributed by atoms with Gasteiger partial charge in [-0.05, 0) is 75.2 Å². The first kappa shape index (κ1) is 17.8. The van der Waals surface area contributed by atoms with Crippen LogP contribution in [0.25, 0.3) is 60.7 Å². The SMILES string of the molecule is c1ccc2c(c1)Cc1c-2ccc2c1Cc1c-2ccc2nc3c4cccnc4c4cnccc4n3c12. The van der Waals surface area contributed by atoms with Crippen LogP contribution in [0.5, 0.6) is 0 Å². The van der Waals surface area contributed by atoms with E-state index in [-0.39, 0.29) is 0 Å². The molecule has 2 aliphatic rings. The van der Waals surface area contributed by atoms with Gasteiger partial charge in [0.2, 0.25) is 0 Å². The molecule has 0 amide bonds. The molecule has 0 saturated heterocycles. The lowest BCUT2D eigenvalue weighted by Crippen LogP contribution is -1.96. The van der Waals surface area contributed by atoms with Crippen LogP contribution in [-0.4, -0.2) is 19.4 Å². The van der Waals surface area contributed by atoms with Gasteiger partial charge in [-0.15, -0.1) is 0 Å². The van der Waals surface area contributed by atoms with Crippen molar-refractivity contribution in [3.8, 4) is 22.3 Å². The fourth-order valence-corrected chi connectivity index (χ4v) is 6.55. The van der Waals surface area contributed by atoms with Crippen LogP contribution in [0.3, 0.4) is 0 Å². The zero-order chi connectivity index (χ0) is 22.7. The van der Waals surface area contributed by atoms with Gasteiger partial charge in [-0.3, -0.25) is 14.4 Å². The third kappa shape index (κ3) is 2.11. The Morgan fingerprint density at radius 3 is 2.46 bits per heavy atom. The van der Waals surface area contributed by atoms with Crippen LogP contribution in [0.2, 0.25) is 0 Å². The van der Waals surface area contributed by atoms with E-state index >= 15 is 0 Å². The van der Waals surface area contributed by atoms with Crippen LogP contribution in [0.1, 0.15) is 22.3 Å². The number of fused-ring (bicyclic) bond motifs is 16. The third-order valence-electron chi connectivity index (χ3n) is 8.02. The van der Waals surface area contributed by atoms with E-state index in [0.717, 1.165) is 45.8 Å². The van der Waals surface area contributed by atoms with Crippen LogP contribution in [0.15, 0.2) is 85.3 Å². The quantitative estimate of drug-likeness (QED) is 0.243. The second-order valence-corrected chi connectivity index (χ2v) is 9.65. The summed E-state index contributed by atoms with van der Waals surface area (Å²) in [6.07, 6.45) is 7.59. The fraction of sp³-hybridized carbons (Fsp3) is 0.0645. The van der Waals surface area contributed by atoms with Gasteiger partial charge in [-0.2, -0.15) is 0 Å². The molecule has 0 unspecified atom stereocenters. The number of aromatic nitrogens is 4. The Morgan fingerprint density at radius 1 is 0.657 bits per heavy atom. The number of imidazole rings is 1. The fourth-order valence-electron chi connectivity index (χ4n) is 6.55. The van der Waals surface area contributed by atoms with Gasteiger partial charge >= 0.3 is 0 Å². The summed E-state index contributed by atoms with van der Waals surface area (Å²) in [4.78, 5) is 14.3. The van der Waals surface area contributed by atoms with Gasteiger partial charge in [-0.1, -0.05) is 42.5 Å². The van der Waals surface area contributed by atoms with Crippen molar-refractivity contribution in [3.05, 3.63) is 108 Å². The Balaban J connectivity index is 1.39. The summed E-state index contributed by atoms with van der Waals surface area (Å²) >= 11 is 0. The van der Waals surface area contributed by atoms with Gasteiger partial charge in [0.15, 0.2) is 0 Å². The first-order chi connectivity index (χ1) is 17.4. The zero-order valence-electron chi connectivity index (χ0n) is 18.8. The molecule has 0 radical (unpaired) electrons. The van der Waals surface area contributed by atoms with Gasteiger partial charge in [0.25, 0.3) is 0 Å². The maximum atomic E-state index is 5.14. The topological polar surface area (TPSA) is 43.1 Å². The second kappa shape index (κ2) is 6.10. The first-order valence-electron chi connectivity index (χ1n) is 12.0. The van der Waals surface area contributed by atoms with Crippen molar-refractivity contribution in [2.75, 3.05) is 0 Å². The van der Waals surface area contributed by atoms with Crippen LogP contribution >= 0.6 is 0 Å². The van der Waals surface area contributed by atoms with E-state index < -0.39 is 0 Å². The monoisotopic (exact) mass is 446 g/mol. The summed E-state index contributed by atoms with van der Waals surface area (Å²) < 4.78 is 2.34. The average molecular weight is 447 g/mol. The summed E-state index contributed by atoms with van der Waals surface area (Å²) in [7, 11) is 0. The summed E-state index contributed by atoms with van der Waals surface area (Å²) in [5, 5.41) is 2.11. The predicted molar refractivity (Wildman–Crippen MR) is 140 cm³/mol. The maximum absolute atomic E-state index is 5.14. The number of hydrogen-bond donors (Lipinski definition) is 0. The largest absolute Gasteiger partial charge is 0.291 e. The maximum Gasteiger partial charge on any atom is 0.147 e. The molecule has 7 aromatic rings. The van der Waals surface area contributed by atoms with Crippen molar-refractivity contribution in [2.24, 2.45) is 0 Å². The van der Waals surface area contributed by atoms with Crippen molar-refractivity contribution < 1.29 is 0 Å². The van der Waals surface area contributed by atoms with Gasteiger partial charge in [-0.25, -0.2) is 4.98 Å². The van der Waals surface area contributed by atoms with E-state index in [9.17, 15) is 0 Å². The number of pyridine rings is 3. The normalized spacial score (nSPS) is 13.5. The number of benzene rings is 3. The van der Waals surface area contributed by atoms with E-state index in [1.54, 1.807) is 0 Å². The lowest BCUT2D eigenvalue weighted by Gasteiger charge is -2.09. The Labute approximate surface area is 200 Å². The van der Waals surface area contributed by atoms with Crippen molar-refractivity contribution in [3.63, 3.8) is 0 Å². The lowest BCUT2D eigenvalue weighted by atomic mass is 9.96. The van der Waals surface area contributed by atoms with E-state index in [1.165, 1.54) is 50.0 Å². The Morgan fingerprint density at radius 2 is 1.49 bits per heavy atom. The van der Waals surface area contributed by atoms with Crippen molar-refractivity contribution in [2.45, 2.75) is 12.8 Å². The van der Waals surface area contributed by atoms with Crippen molar-refractivity contribution in [1.82, 2.24) is 19.4 Å². The molecule has 4 nitrogen and oxygen atoms in total. The molecule has 0 atom stereocenters.